The van der Waals surface area contributed by atoms with Crippen LogP contribution >= 0.6 is 0 Å². The molecule has 0 spiro atoms. The van der Waals surface area contributed by atoms with Gasteiger partial charge in [0.05, 0.1) is 0 Å². The molecular formula is C13H19N. The molecule has 14 heavy (non-hydrogen) atoms. The van der Waals surface area contributed by atoms with Crippen LogP contribution in [0.4, 0.5) is 0 Å². The molecule has 0 heterocycles. The largest absolute Gasteiger partial charge is 0.310 e. The van der Waals surface area contributed by atoms with Gasteiger partial charge in [0.1, 0.15) is 1.41 Å². The molecule has 1 N–H and O–H groups in total. The molecule has 0 saturated heterocycles. The van der Waals surface area contributed by atoms with Crippen molar-refractivity contribution >= 4 is 0 Å². The topological polar surface area (TPSA) is 12.0 Å². The minimum atomic E-state index is -3.43. The summed E-state index contributed by atoms with van der Waals surface area (Å²) in [5.74, 6) is 0. The molecule has 1 aromatic rings. The summed E-state index contributed by atoms with van der Waals surface area (Å²) in [7, 11) is 0. The van der Waals surface area contributed by atoms with E-state index >= 15 is 0 Å². The Balaban J connectivity index is 2.55. The zero-order chi connectivity index (χ0) is 19.5. The highest BCUT2D eigenvalue weighted by atomic mass is 14.9. The molecule has 1 heteroatoms. The standard InChI is InChI=1S/C13H19N/c1-3-7-12(8-4-1)11-14-13-9-5-2-6-10-13/h1,3-4,7-8,13-14H,2,5-6,9-11H2/i2D2,5D2,6D2,9D2,10D2/hD. The third-order valence-electron chi connectivity index (χ3n) is 1.84. The van der Waals surface area contributed by atoms with E-state index in [4.69, 9.17) is 15.1 Å². The van der Waals surface area contributed by atoms with Gasteiger partial charge in [-0.3, -0.25) is 0 Å². The number of benzene rings is 1. The molecule has 1 aromatic carbocycles. The minimum Gasteiger partial charge on any atom is -0.310 e. The smallest absolute Gasteiger partial charge is 0.123 e. The van der Waals surface area contributed by atoms with Gasteiger partial charge in [-0.25, -0.2) is 0 Å². The summed E-state index contributed by atoms with van der Waals surface area (Å²) in [4.78, 5) is 0. The summed E-state index contributed by atoms with van der Waals surface area (Å²) in [5.41, 5.74) is 0.541. The Kier molecular flexibility index (Phi) is 1.14. The predicted octanol–water partition coefficient (Wildman–Crippen LogP) is 3.11. The second kappa shape index (κ2) is 5.16. The van der Waals surface area contributed by atoms with E-state index in [0.29, 0.717) is 10.9 Å². The zero-order valence-electron chi connectivity index (χ0n) is 18.6. The SMILES string of the molecule is [2H]N(Cc1ccccc1)C1C([2H])([2H])C([2H])([2H])C([2H])([2H])C([2H])([2H])C1([2H])[2H]. The summed E-state index contributed by atoms with van der Waals surface area (Å²) >= 11 is 0. The molecule has 1 nitrogen and oxygen atoms in total. The molecule has 0 unspecified atom stereocenters. The lowest BCUT2D eigenvalue weighted by Crippen LogP contribution is -2.30. The van der Waals surface area contributed by atoms with Crippen molar-refractivity contribution in [2.24, 2.45) is 0 Å². The quantitative estimate of drug-likeness (QED) is 0.790. The molecular weight excluding hydrogens is 170 g/mol. The van der Waals surface area contributed by atoms with E-state index in [1.54, 1.807) is 30.3 Å². The Bertz CT molecular complexity index is 598. The molecule has 0 bridgehead atoms. The van der Waals surface area contributed by atoms with Crippen LogP contribution in [0.1, 0.15) is 51.1 Å². The lowest BCUT2D eigenvalue weighted by Gasteiger charge is -2.22. The first-order valence-electron chi connectivity index (χ1n) is 9.86. The van der Waals surface area contributed by atoms with Crippen molar-refractivity contribution in [2.45, 2.75) is 44.5 Å². The first kappa shape index (κ1) is 3.08. The van der Waals surface area contributed by atoms with Gasteiger partial charge >= 0.3 is 0 Å². The molecule has 0 aliphatic heterocycles. The van der Waals surface area contributed by atoms with E-state index < -0.39 is 37.9 Å². The number of rotatable bonds is 3. The first-order valence-corrected chi connectivity index (χ1v) is 4.42. The summed E-state index contributed by atoms with van der Waals surface area (Å²) in [5, 5.41) is 0.472. The highest BCUT2D eigenvalue weighted by Gasteiger charge is 2.11. The molecule has 0 radical (unpaired) electrons. The lowest BCUT2D eigenvalue weighted by atomic mass is 9.95. The van der Waals surface area contributed by atoms with Gasteiger partial charge in [0.15, 0.2) is 0 Å². The van der Waals surface area contributed by atoms with Crippen LogP contribution in [0.5, 0.6) is 0 Å². The fraction of sp³-hybridized carbons (Fsp3) is 0.538. The average molecular weight is 200 g/mol. The minimum absolute atomic E-state index is 0.264. The Labute approximate surface area is 102 Å². The van der Waals surface area contributed by atoms with Crippen molar-refractivity contribution in [3.8, 4) is 0 Å². The van der Waals surface area contributed by atoms with Crippen molar-refractivity contribution in [1.82, 2.24) is 5.31 Å². The summed E-state index contributed by atoms with van der Waals surface area (Å²) < 4.78 is 87.3. The molecule has 1 saturated carbocycles. The third kappa shape index (κ3) is 2.85. The highest BCUT2D eigenvalue weighted by molar-refractivity contribution is 5.14. The third-order valence-corrected chi connectivity index (χ3v) is 1.84. The van der Waals surface area contributed by atoms with Gasteiger partial charge in [-0.1, -0.05) is 49.5 Å². The molecule has 76 valence electrons. The Morgan fingerprint density at radius 3 is 2.64 bits per heavy atom. The monoisotopic (exact) mass is 200 g/mol. The molecule has 0 amide bonds. The number of hydrogen-bond acceptors (Lipinski definition) is 1. The van der Waals surface area contributed by atoms with Crippen LogP contribution in [0.25, 0.3) is 0 Å². The van der Waals surface area contributed by atoms with Gasteiger partial charge in [-0.05, 0) is 18.3 Å². The molecule has 1 aliphatic carbocycles. The Hall–Kier alpha value is -0.820. The van der Waals surface area contributed by atoms with E-state index in [1.165, 1.54) is 0 Å². The predicted molar refractivity (Wildman–Crippen MR) is 60.2 cm³/mol. The second-order valence-electron chi connectivity index (χ2n) is 2.89. The summed E-state index contributed by atoms with van der Waals surface area (Å²) in [6.45, 7) is -0.264. The van der Waals surface area contributed by atoms with Gasteiger partial charge in [0.2, 0.25) is 0 Å². The van der Waals surface area contributed by atoms with Crippen molar-refractivity contribution in [1.29, 1.82) is 0 Å². The second-order valence-corrected chi connectivity index (χ2v) is 2.89. The molecule has 1 fully saturated rings. The molecule has 0 aromatic heterocycles. The molecule has 1 aliphatic rings. The summed E-state index contributed by atoms with van der Waals surface area (Å²) in [6.07, 6.45) is -16.4. The van der Waals surface area contributed by atoms with E-state index in [1.807, 2.05) is 0 Å². The first-order chi connectivity index (χ1) is 11.1. The number of nitrogens with one attached hydrogen (secondary N) is 1. The normalized spacial score (nSPS) is 48.2. The Morgan fingerprint density at radius 1 is 1.21 bits per heavy atom. The van der Waals surface area contributed by atoms with Gasteiger partial charge in [0.25, 0.3) is 0 Å². The van der Waals surface area contributed by atoms with Gasteiger partial charge in [-0.15, -0.1) is 0 Å². The van der Waals surface area contributed by atoms with Gasteiger partial charge < -0.3 is 5.31 Å². The lowest BCUT2D eigenvalue weighted by molar-refractivity contribution is 0.372. The van der Waals surface area contributed by atoms with E-state index in [2.05, 4.69) is 0 Å². The van der Waals surface area contributed by atoms with Gasteiger partial charge in [-0.2, -0.15) is 0 Å². The highest BCUT2D eigenvalue weighted by Crippen LogP contribution is 2.17. The van der Waals surface area contributed by atoms with Crippen LogP contribution in [0, 0.1) is 0 Å². The number of hydrogen-bond donors (Lipinski definition) is 1. The fourth-order valence-corrected chi connectivity index (χ4v) is 1.15. The molecule has 2 rings (SSSR count). The van der Waals surface area contributed by atoms with E-state index in [0.717, 1.165) is 0 Å². The van der Waals surface area contributed by atoms with Crippen LogP contribution in [-0.4, -0.2) is 6.04 Å². The van der Waals surface area contributed by atoms with Crippen molar-refractivity contribution in [3.05, 3.63) is 35.9 Å². The van der Waals surface area contributed by atoms with Crippen LogP contribution in [0.2, 0.25) is 1.41 Å². The maximum atomic E-state index is 8.10. The van der Waals surface area contributed by atoms with Crippen LogP contribution in [-0.2, 0) is 6.54 Å². The average Bonchev–Trinajstić information content (AvgIpc) is 2.45. The van der Waals surface area contributed by atoms with Crippen molar-refractivity contribution in [2.75, 3.05) is 0 Å². The van der Waals surface area contributed by atoms with Crippen LogP contribution in [0.15, 0.2) is 30.3 Å². The van der Waals surface area contributed by atoms with Crippen molar-refractivity contribution in [3.63, 3.8) is 0 Å². The maximum absolute atomic E-state index is 8.10. The Morgan fingerprint density at radius 2 is 1.93 bits per heavy atom. The fourth-order valence-electron chi connectivity index (χ4n) is 1.15. The maximum Gasteiger partial charge on any atom is 0.123 e. The van der Waals surface area contributed by atoms with Crippen LogP contribution in [0.3, 0.4) is 0 Å². The molecule has 0 atom stereocenters. The van der Waals surface area contributed by atoms with E-state index in [-0.39, 0.29) is 6.54 Å². The van der Waals surface area contributed by atoms with Crippen LogP contribution < -0.4 is 5.31 Å². The van der Waals surface area contributed by atoms with Gasteiger partial charge in [0, 0.05) is 26.3 Å². The van der Waals surface area contributed by atoms with Crippen molar-refractivity contribution < 1.29 is 15.1 Å². The van der Waals surface area contributed by atoms with E-state index in [9.17, 15) is 0 Å². The zero-order valence-corrected chi connectivity index (χ0v) is 7.62. The summed E-state index contributed by atoms with van der Waals surface area (Å²) in [6, 6.07) is 6.16.